The van der Waals surface area contributed by atoms with Crippen molar-refractivity contribution >= 4 is 39.0 Å². The Morgan fingerprint density at radius 3 is 1.36 bits per heavy atom. The van der Waals surface area contributed by atoms with Crippen LogP contribution in [0.1, 0.15) is 22.3 Å². The van der Waals surface area contributed by atoms with Crippen molar-refractivity contribution in [3.8, 4) is 55.6 Å². The van der Waals surface area contributed by atoms with Gasteiger partial charge in [0.2, 0.25) is 0 Å². The number of benzene rings is 11. The van der Waals surface area contributed by atoms with Gasteiger partial charge in [-0.1, -0.05) is 206 Å². The molecule has 0 atom stereocenters. The van der Waals surface area contributed by atoms with E-state index < -0.39 is 5.41 Å². The van der Waals surface area contributed by atoms with E-state index in [1.54, 1.807) is 0 Å². The molecule has 1 aliphatic rings. The summed E-state index contributed by atoms with van der Waals surface area (Å²) in [6.45, 7) is 0. The molecule has 12 aromatic rings. The predicted molar refractivity (Wildman–Crippen MR) is 287 cm³/mol. The van der Waals surface area contributed by atoms with E-state index in [1.807, 2.05) is 6.07 Å². The van der Waals surface area contributed by atoms with E-state index in [1.165, 1.54) is 50.1 Å². The monoisotopic (exact) mass is 879 g/mol. The molecule has 0 spiro atoms. The summed E-state index contributed by atoms with van der Waals surface area (Å²) in [6.07, 6.45) is 0. The lowest BCUT2D eigenvalue weighted by atomic mass is 9.67. The third-order valence-corrected chi connectivity index (χ3v) is 14.1. The van der Waals surface area contributed by atoms with Crippen LogP contribution in [-0.4, -0.2) is 0 Å². The van der Waals surface area contributed by atoms with Crippen molar-refractivity contribution in [3.63, 3.8) is 0 Å². The van der Waals surface area contributed by atoms with Crippen molar-refractivity contribution in [2.24, 2.45) is 0 Å². The minimum atomic E-state index is -0.522. The zero-order chi connectivity index (χ0) is 45.7. The molecular formula is C67H45NO. The Bertz CT molecular complexity index is 3760. The quantitative estimate of drug-likeness (QED) is 0.144. The molecule has 1 aromatic heterocycles. The van der Waals surface area contributed by atoms with Gasteiger partial charge in [0.1, 0.15) is 11.2 Å². The molecule has 2 heteroatoms. The van der Waals surface area contributed by atoms with Crippen molar-refractivity contribution in [3.05, 3.63) is 295 Å². The SMILES string of the molecule is c1ccc(-c2ccc(N(c3ccc(-c4cc(-c5ccccc5)cc(-c5cccc6oc7ccccc7c56)c4)cc3)c3ccc4c(c3)C(c3ccccc3)(c3ccccc3)c3ccccc3-4)cc2)cc1. The van der Waals surface area contributed by atoms with Gasteiger partial charge in [-0.3, -0.25) is 0 Å². The first-order chi connectivity index (χ1) is 34.2. The third kappa shape index (κ3) is 6.80. The van der Waals surface area contributed by atoms with Crippen LogP contribution < -0.4 is 4.90 Å². The highest BCUT2D eigenvalue weighted by Crippen LogP contribution is 2.57. The summed E-state index contributed by atoms with van der Waals surface area (Å²) in [5, 5.41) is 2.26. The smallest absolute Gasteiger partial charge is 0.136 e. The summed E-state index contributed by atoms with van der Waals surface area (Å²) >= 11 is 0. The second-order valence-corrected chi connectivity index (χ2v) is 18.0. The van der Waals surface area contributed by atoms with Crippen LogP contribution in [0.5, 0.6) is 0 Å². The minimum Gasteiger partial charge on any atom is -0.456 e. The van der Waals surface area contributed by atoms with Crippen LogP contribution in [0.15, 0.2) is 277 Å². The Balaban J connectivity index is 0.979. The Morgan fingerprint density at radius 1 is 0.275 bits per heavy atom. The van der Waals surface area contributed by atoms with Crippen molar-refractivity contribution in [1.82, 2.24) is 0 Å². The molecule has 0 radical (unpaired) electrons. The van der Waals surface area contributed by atoms with E-state index in [0.29, 0.717) is 0 Å². The van der Waals surface area contributed by atoms with Gasteiger partial charge >= 0.3 is 0 Å². The minimum absolute atomic E-state index is 0.522. The molecule has 13 rings (SSSR count). The van der Waals surface area contributed by atoms with Crippen molar-refractivity contribution < 1.29 is 4.42 Å². The molecule has 0 saturated carbocycles. The predicted octanol–water partition coefficient (Wildman–Crippen LogP) is 18.1. The third-order valence-electron chi connectivity index (χ3n) is 14.1. The van der Waals surface area contributed by atoms with E-state index in [2.05, 4.69) is 272 Å². The Labute approximate surface area is 402 Å². The van der Waals surface area contributed by atoms with Crippen LogP contribution in [0, 0.1) is 0 Å². The number of hydrogen-bond acceptors (Lipinski definition) is 2. The van der Waals surface area contributed by atoms with Gasteiger partial charge in [0.25, 0.3) is 0 Å². The largest absolute Gasteiger partial charge is 0.456 e. The first-order valence-corrected chi connectivity index (χ1v) is 23.7. The van der Waals surface area contributed by atoms with Crippen molar-refractivity contribution in [2.75, 3.05) is 4.90 Å². The zero-order valence-electron chi connectivity index (χ0n) is 37.8. The maximum Gasteiger partial charge on any atom is 0.136 e. The molecule has 0 unspecified atom stereocenters. The lowest BCUT2D eigenvalue weighted by molar-refractivity contribution is 0.669. The molecule has 0 saturated heterocycles. The highest BCUT2D eigenvalue weighted by molar-refractivity contribution is 6.12. The van der Waals surface area contributed by atoms with Crippen LogP contribution in [0.2, 0.25) is 0 Å². The molecule has 1 aliphatic carbocycles. The second kappa shape index (κ2) is 16.7. The molecule has 0 bridgehead atoms. The summed E-state index contributed by atoms with van der Waals surface area (Å²) in [6, 6.07) is 99.3. The maximum atomic E-state index is 6.37. The molecule has 1 heterocycles. The number of para-hydroxylation sites is 1. The Kier molecular flexibility index (Phi) is 9.77. The number of anilines is 3. The molecule has 11 aromatic carbocycles. The number of rotatable bonds is 9. The number of furan rings is 1. The molecule has 0 N–H and O–H groups in total. The van der Waals surface area contributed by atoms with Gasteiger partial charge in [-0.2, -0.15) is 0 Å². The van der Waals surface area contributed by atoms with Crippen LogP contribution in [0.3, 0.4) is 0 Å². The van der Waals surface area contributed by atoms with E-state index in [-0.39, 0.29) is 0 Å². The van der Waals surface area contributed by atoms with Gasteiger partial charge in [0, 0.05) is 27.8 Å². The normalized spacial score (nSPS) is 12.5. The number of hydrogen-bond donors (Lipinski definition) is 0. The van der Waals surface area contributed by atoms with E-state index in [9.17, 15) is 0 Å². The van der Waals surface area contributed by atoms with Crippen LogP contribution in [0.4, 0.5) is 17.1 Å². The van der Waals surface area contributed by atoms with Gasteiger partial charge < -0.3 is 9.32 Å². The van der Waals surface area contributed by atoms with Gasteiger partial charge in [-0.25, -0.2) is 0 Å². The first-order valence-electron chi connectivity index (χ1n) is 23.7. The van der Waals surface area contributed by atoms with Gasteiger partial charge in [-0.05, 0) is 145 Å². The molecule has 0 amide bonds. The molecular weight excluding hydrogens is 835 g/mol. The van der Waals surface area contributed by atoms with E-state index >= 15 is 0 Å². The summed E-state index contributed by atoms with van der Waals surface area (Å²) in [5.41, 5.74) is 21.4. The van der Waals surface area contributed by atoms with Crippen molar-refractivity contribution in [1.29, 1.82) is 0 Å². The average Bonchev–Trinajstić information content (AvgIpc) is 3.96. The number of nitrogens with zero attached hydrogens (tertiary/aromatic N) is 1. The lowest BCUT2D eigenvalue weighted by Crippen LogP contribution is -2.28. The highest BCUT2D eigenvalue weighted by Gasteiger charge is 2.46. The maximum absolute atomic E-state index is 6.37. The van der Waals surface area contributed by atoms with E-state index in [0.717, 1.165) is 66.8 Å². The summed E-state index contributed by atoms with van der Waals surface area (Å²) in [5.74, 6) is 0. The van der Waals surface area contributed by atoms with Gasteiger partial charge in [0.05, 0.1) is 5.41 Å². The van der Waals surface area contributed by atoms with Crippen LogP contribution in [0.25, 0.3) is 77.6 Å². The molecule has 69 heavy (non-hydrogen) atoms. The molecule has 2 nitrogen and oxygen atoms in total. The fraction of sp³-hybridized carbons (Fsp3) is 0.0149. The number of fused-ring (bicyclic) bond motifs is 6. The Morgan fingerprint density at radius 2 is 0.725 bits per heavy atom. The van der Waals surface area contributed by atoms with Gasteiger partial charge in [0.15, 0.2) is 0 Å². The topological polar surface area (TPSA) is 16.4 Å². The summed E-state index contributed by atoms with van der Waals surface area (Å²) in [7, 11) is 0. The zero-order valence-corrected chi connectivity index (χ0v) is 37.8. The highest BCUT2D eigenvalue weighted by atomic mass is 16.3. The van der Waals surface area contributed by atoms with Crippen LogP contribution >= 0.6 is 0 Å². The molecule has 0 fully saturated rings. The molecule has 0 aliphatic heterocycles. The second-order valence-electron chi connectivity index (χ2n) is 18.0. The lowest BCUT2D eigenvalue weighted by Gasteiger charge is -2.35. The first kappa shape index (κ1) is 40.3. The van der Waals surface area contributed by atoms with Crippen molar-refractivity contribution in [2.45, 2.75) is 5.41 Å². The fourth-order valence-corrected chi connectivity index (χ4v) is 11.0. The average molecular weight is 880 g/mol. The van der Waals surface area contributed by atoms with Crippen LogP contribution in [-0.2, 0) is 5.41 Å². The van der Waals surface area contributed by atoms with Gasteiger partial charge in [-0.15, -0.1) is 0 Å². The Hall–Kier alpha value is -8.98. The molecule has 324 valence electrons. The fourth-order valence-electron chi connectivity index (χ4n) is 11.0. The van der Waals surface area contributed by atoms with E-state index in [4.69, 9.17) is 4.42 Å². The standard InChI is InChI=1S/C67H45NO/c1-5-18-46(19-6-1)48-32-36-55(37-33-48)68(57-40-41-60-59-26-13-15-29-62(59)67(63(60)45-57,53-22-9-3-10-23-53)54-24-11-4-12-25-54)56-38-34-49(35-39-56)51-42-50(47-20-7-2-8-21-47)43-52(44-51)58-28-17-31-65-66(58)61-27-14-16-30-64(61)69-65/h1-45H. The summed E-state index contributed by atoms with van der Waals surface area (Å²) < 4.78 is 6.37. The summed E-state index contributed by atoms with van der Waals surface area (Å²) in [4.78, 5) is 2.42.